The lowest BCUT2D eigenvalue weighted by atomic mass is 10.2. The largest absolute Gasteiger partial charge is 0.495 e. The van der Waals surface area contributed by atoms with Gasteiger partial charge in [0.05, 0.1) is 18.5 Å². The fourth-order valence-electron chi connectivity index (χ4n) is 3.36. The normalized spacial score (nSPS) is 10.6. The van der Waals surface area contributed by atoms with Crippen molar-refractivity contribution in [1.29, 1.82) is 0 Å². The SMILES string of the molecule is COc1ccc(C)cc1NC(=O)Nc1cccc(OCc2cc(=O)n3cc(C)ccc3n2)c1. The number of nitrogens with zero attached hydrogens (tertiary/aromatic N) is 2. The van der Waals surface area contributed by atoms with Crippen LogP contribution >= 0.6 is 0 Å². The van der Waals surface area contributed by atoms with Crippen molar-refractivity contribution in [3.63, 3.8) is 0 Å². The molecule has 0 radical (unpaired) electrons. The van der Waals surface area contributed by atoms with E-state index in [1.54, 1.807) is 49.7 Å². The molecular weight excluding hydrogens is 420 g/mol. The van der Waals surface area contributed by atoms with Crippen LogP contribution in [0.4, 0.5) is 16.2 Å². The fourth-order valence-corrected chi connectivity index (χ4v) is 3.36. The van der Waals surface area contributed by atoms with Crippen LogP contribution in [0, 0.1) is 13.8 Å². The highest BCUT2D eigenvalue weighted by Gasteiger charge is 2.09. The van der Waals surface area contributed by atoms with E-state index < -0.39 is 6.03 Å². The molecule has 168 valence electrons. The number of rotatable bonds is 6. The molecule has 8 heteroatoms. The smallest absolute Gasteiger partial charge is 0.323 e. The van der Waals surface area contributed by atoms with Crippen molar-refractivity contribution in [2.24, 2.45) is 0 Å². The summed E-state index contributed by atoms with van der Waals surface area (Å²) in [6.45, 7) is 3.97. The van der Waals surface area contributed by atoms with Gasteiger partial charge in [0.25, 0.3) is 5.56 Å². The van der Waals surface area contributed by atoms with Crippen LogP contribution in [0.25, 0.3) is 5.65 Å². The van der Waals surface area contributed by atoms with Gasteiger partial charge in [-0.2, -0.15) is 0 Å². The summed E-state index contributed by atoms with van der Waals surface area (Å²) in [6, 6.07) is 17.3. The maximum absolute atomic E-state index is 12.5. The van der Waals surface area contributed by atoms with Crippen LogP contribution < -0.4 is 25.7 Å². The Bertz CT molecular complexity index is 1380. The molecule has 4 aromatic rings. The second-order valence-electron chi connectivity index (χ2n) is 7.62. The van der Waals surface area contributed by atoms with E-state index in [4.69, 9.17) is 9.47 Å². The zero-order valence-electron chi connectivity index (χ0n) is 18.6. The monoisotopic (exact) mass is 444 g/mol. The predicted molar refractivity (Wildman–Crippen MR) is 127 cm³/mol. The molecule has 2 aromatic heterocycles. The van der Waals surface area contributed by atoms with Crippen LogP contribution in [-0.4, -0.2) is 22.5 Å². The number of methoxy groups -OCH3 is 1. The van der Waals surface area contributed by atoms with E-state index in [2.05, 4.69) is 15.6 Å². The Morgan fingerprint density at radius 2 is 1.82 bits per heavy atom. The summed E-state index contributed by atoms with van der Waals surface area (Å²) in [5, 5.41) is 5.58. The Kier molecular flexibility index (Phi) is 6.26. The average Bonchev–Trinajstić information content (AvgIpc) is 2.78. The van der Waals surface area contributed by atoms with E-state index in [0.717, 1.165) is 11.1 Å². The van der Waals surface area contributed by atoms with E-state index in [1.165, 1.54) is 10.5 Å². The topological polar surface area (TPSA) is 94.0 Å². The number of aryl methyl sites for hydroxylation is 2. The summed E-state index contributed by atoms with van der Waals surface area (Å²) in [5.74, 6) is 1.11. The quantitative estimate of drug-likeness (QED) is 0.455. The Morgan fingerprint density at radius 3 is 2.64 bits per heavy atom. The van der Waals surface area contributed by atoms with Crippen LogP contribution in [0.3, 0.4) is 0 Å². The molecule has 0 saturated carbocycles. The number of pyridine rings is 1. The molecule has 4 rings (SSSR count). The van der Waals surface area contributed by atoms with Gasteiger partial charge >= 0.3 is 6.03 Å². The van der Waals surface area contributed by atoms with Crippen molar-refractivity contribution in [3.05, 3.63) is 94.0 Å². The van der Waals surface area contributed by atoms with Gasteiger partial charge in [-0.1, -0.05) is 18.2 Å². The van der Waals surface area contributed by atoms with E-state index >= 15 is 0 Å². The number of anilines is 2. The lowest BCUT2D eigenvalue weighted by Gasteiger charge is -2.13. The number of fused-ring (bicyclic) bond motifs is 1. The van der Waals surface area contributed by atoms with Crippen molar-refractivity contribution in [1.82, 2.24) is 9.38 Å². The first kappa shape index (κ1) is 21.9. The highest BCUT2D eigenvalue weighted by atomic mass is 16.5. The molecule has 2 amide bonds. The van der Waals surface area contributed by atoms with Gasteiger partial charge in [-0.15, -0.1) is 0 Å². The molecule has 0 bridgehead atoms. The second-order valence-corrected chi connectivity index (χ2v) is 7.62. The van der Waals surface area contributed by atoms with E-state index in [-0.39, 0.29) is 12.2 Å². The van der Waals surface area contributed by atoms with Crippen LogP contribution in [0.2, 0.25) is 0 Å². The van der Waals surface area contributed by atoms with E-state index in [1.807, 2.05) is 32.0 Å². The molecule has 2 N–H and O–H groups in total. The Morgan fingerprint density at radius 1 is 1.00 bits per heavy atom. The third-order valence-electron chi connectivity index (χ3n) is 4.94. The van der Waals surface area contributed by atoms with Crippen LogP contribution in [-0.2, 0) is 6.61 Å². The number of amides is 2. The minimum Gasteiger partial charge on any atom is -0.495 e. The lowest BCUT2D eigenvalue weighted by Crippen LogP contribution is -2.20. The van der Waals surface area contributed by atoms with Crippen LogP contribution in [0.5, 0.6) is 11.5 Å². The van der Waals surface area contributed by atoms with Crippen molar-refractivity contribution in [2.75, 3.05) is 17.7 Å². The summed E-state index contributed by atoms with van der Waals surface area (Å²) in [5.41, 5.74) is 4.02. The number of urea groups is 1. The van der Waals surface area contributed by atoms with Crippen molar-refractivity contribution < 1.29 is 14.3 Å². The van der Waals surface area contributed by atoms with Crippen LogP contribution in [0.15, 0.2) is 71.7 Å². The molecule has 0 aliphatic rings. The number of carbonyl (C=O) groups excluding carboxylic acids is 1. The third kappa shape index (κ3) is 5.30. The number of ether oxygens (including phenoxy) is 2. The van der Waals surface area contributed by atoms with Crippen molar-refractivity contribution in [2.45, 2.75) is 20.5 Å². The summed E-state index contributed by atoms with van der Waals surface area (Å²) in [4.78, 5) is 29.3. The maximum Gasteiger partial charge on any atom is 0.323 e. The lowest BCUT2D eigenvalue weighted by molar-refractivity contribution is 0.262. The Labute approximate surface area is 190 Å². The van der Waals surface area contributed by atoms with Gasteiger partial charge in [0.15, 0.2) is 0 Å². The Balaban J connectivity index is 1.43. The molecule has 0 saturated heterocycles. The molecule has 2 heterocycles. The number of hydrogen-bond acceptors (Lipinski definition) is 5. The predicted octanol–water partition coefficient (Wildman–Crippen LogP) is 4.54. The first-order valence-electron chi connectivity index (χ1n) is 10.4. The first-order valence-corrected chi connectivity index (χ1v) is 10.4. The number of hydrogen-bond donors (Lipinski definition) is 2. The summed E-state index contributed by atoms with van der Waals surface area (Å²) in [6.07, 6.45) is 1.75. The highest BCUT2D eigenvalue weighted by molar-refractivity contribution is 6.00. The van der Waals surface area contributed by atoms with Gasteiger partial charge < -0.3 is 20.1 Å². The Hall–Kier alpha value is -4.33. The summed E-state index contributed by atoms with van der Waals surface area (Å²) in [7, 11) is 1.55. The molecule has 8 nitrogen and oxygen atoms in total. The van der Waals surface area contributed by atoms with Gasteiger partial charge in [0.1, 0.15) is 23.8 Å². The number of nitrogens with one attached hydrogen (secondary N) is 2. The first-order chi connectivity index (χ1) is 15.9. The zero-order valence-corrected chi connectivity index (χ0v) is 18.6. The summed E-state index contributed by atoms with van der Waals surface area (Å²) < 4.78 is 12.6. The van der Waals surface area contributed by atoms with Crippen LogP contribution in [0.1, 0.15) is 16.8 Å². The maximum atomic E-state index is 12.5. The molecule has 0 unspecified atom stereocenters. The van der Waals surface area contributed by atoms with Gasteiger partial charge in [-0.05, 0) is 55.3 Å². The molecule has 0 fully saturated rings. The van der Waals surface area contributed by atoms with Gasteiger partial charge in [0.2, 0.25) is 0 Å². The van der Waals surface area contributed by atoms with Gasteiger partial charge in [-0.25, -0.2) is 9.78 Å². The zero-order chi connectivity index (χ0) is 23.4. The molecule has 0 aliphatic heterocycles. The minimum absolute atomic E-state index is 0.121. The molecular formula is C25H24N4O4. The van der Waals surface area contributed by atoms with Crippen molar-refractivity contribution >= 4 is 23.1 Å². The molecule has 33 heavy (non-hydrogen) atoms. The average molecular weight is 444 g/mol. The minimum atomic E-state index is -0.407. The van der Waals surface area contributed by atoms with Crippen molar-refractivity contribution in [3.8, 4) is 11.5 Å². The van der Waals surface area contributed by atoms with E-state index in [0.29, 0.717) is 34.2 Å². The number of aromatic nitrogens is 2. The molecule has 0 atom stereocenters. The third-order valence-corrected chi connectivity index (χ3v) is 4.94. The number of benzene rings is 2. The van der Waals surface area contributed by atoms with Gasteiger partial charge in [0, 0.05) is 24.0 Å². The fraction of sp³-hybridized carbons (Fsp3) is 0.160. The molecule has 2 aromatic carbocycles. The summed E-state index contributed by atoms with van der Waals surface area (Å²) >= 11 is 0. The molecule has 0 spiro atoms. The van der Waals surface area contributed by atoms with Gasteiger partial charge in [-0.3, -0.25) is 9.20 Å². The highest BCUT2D eigenvalue weighted by Crippen LogP contribution is 2.25. The standard InChI is InChI=1S/C25H24N4O4/c1-16-7-9-22(32-3)21(11-16)28-25(31)27-18-5-4-6-20(12-18)33-15-19-13-24(30)29-14-17(2)8-10-23(29)26-19/h4-14H,15H2,1-3H3,(H2,27,28,31). The van der Waals surface area contributed by atoms with E-state index in [9.17, 15) is 9.59 Å². The molecule has 0 aliphatic carbocycles. The number of carbonyl (C=O) groups is 1. The second kappa shape index (κ2) is 9.44.